The molecule has 0 aliphatic carbocycles. The molecule has 196 valence electrons. The highest BCUT2D eigenvalue weighted by Gasteiger charge is 2.29. The van der Waals surface area contributed by atoms with Gasteiger partial charge in [0.25, 0.3) is 0 Å². The molecule has 0 aromatic carbocycles. The van der Waals surface area contributed by atoms with Crippen LogP contribution >= 0.6 is 12.6 Å². The quantitative estimate of drug-likeness (QED) is 0.0653. The Labute approximate surface area is 204 Å². The fourth-order valence-electron chi connectivity index (χ4n) is 2.96. The lowest BCUT2D eigenvalue weighted by molar-refractivity contribution is -0.142. The summed E-state index contributed by atoms with van der Waals surface area (Å²) in [4.78, 5) is 60.2. The number of amides is 4. The number of hydrogen-bond donors (Lipinski definition) is 9. The van der Waals surface area contributed by atoms with Crippen molar-refractivity contribution < 1.29 is 29.1 Å². The first-order valence-electron chi connectivity index (χ1n) is 11.3. The maximum atomic E-state index is 12.8. The number of carbonyl (C=O) groups excluding carboxylic acids is 4. The van der Waals surface area contributed by atoms with Gasteiger partial charge < -0.3 is 44.0 Å². The molecule has 0 bridgehead atoms. The fraction of sp³-hybridized carbons (Fsp3) is 0.750. The molecule has 0 heterocycles. The van der Waals surface area contributed by atoms with Crippen LogP contribution in [0.3, 0.4) is 0 Å². The molecule has 4 amide bonds. The molecule has 13 nitrogen and oxygen atoms in total. The summed E-state index contributed by atoms with van der Waals surface area (Å²) in [6.45, 7) is 0.794. The predicted molar refractivity (Wildman–Crippen MR) is 129 cm³/mol. The fourth-order valence-corrected chi connectivity index (χ4v) is 3.22. The lowest BCUT2D eigenvalue weighted by atomic mass is 10.1. The normalized spacial score (nSPS) is 14.4. The first-order valence-corrected chi connectivity index (χ1v) is 11.9. The lowest BCUT2D eigenvalue weighted by Gasteiger charge is -2.24. The second kappa shape index (κ2) is 18.0. The SMILES string of the molecule is NCCCCC(NC(=O)C(CS)NC(=O)C(CCCCN)NC(=O)C(N)CCC(N)=O)C(=O)O. The van der Waals surface area contributed by atoms with E-state index >= 15 is 0 Å². The molecule has 0 radical (unpaired) electrons. The summed E-state index contributed by atoms with van der Waals surface area (Å²) >= 11 is 4.09. The Hall–Kier alpha value is -2.42. The third kappa shape index (κ3) is 13.3. The zero-order chi connectivity index (χ0) is 26.1. The van der Waals surface area contributed by atoms with Gasteiger partial charge in [0, 0.05) is 12.2 Å². The Morgan fingerprint density at radius 2 is 1.21 bits per heavy atom. The van der Waals surface area contributed by atoms with Crippen LogP contribution in [-0.4, -0.2) is 77.7 Å². The van der Waals surface area contributed by atoms with Gasteiger partial charge in [0.1, 0.15) is 18.1 Å². The van der Waals surface area contributed by atoms with E-state index in [0.717, 1.165) is 0 Å². The summed E-state index contributed by atoms with van der Waals surface area (Å²) in [5, 5.41) is 16.8. The topological polar surface area (TPSA) is 246 Å². The number of rotatable bonds is 19. The molecular weight excluding hydrogens is 466 g/mol. The van der Waals surface area contributed by atoms with Crippen molar-refractivity contribution >= 4 is 42.2 Å². The van der Waals surface area contributed by atoms with Gasteiger partial charge >= 0.3 is 5.97 Å². The summed E-state index contributed by atoms with van der Waals surface area (Å²) in [6, 6.07) is -4.34. The van der Waals surface area contributed by atoms with Crippen molar-refractivity contribution in [1.29, 1.82) is 0 Å². The number of carbonyl (C=O) groups is 5. The average Bonchev–Trinajstić information content (AvgIpc) is 2.79. The molecule has 0 saturated heterocycles. The number of unbranched alkanes of at least 4 members (excludes halogenated alkanes) is 2. The average molecular weight is 506 g/mol. The standard InChI is InChI=1S/C20H39N7O6S/c21-9-3-1-5-13(25-17(29)12(23)7-8-16(24)28)18(30)27-15(11-34)19(31)26-14(20(32)33)6-2-4-10-22/h12-15,34H,1-11,21-23H2,(H2,24,28)(H,25,29)(H,26,31)(H,27,30)(H,32,33). The van der Waals surface area contributed by atoms with Crippen molar-refractivity contribution in [1.82, 2.24) is 16.0 Å². The minimum absolute atomic E-state index is 0.0146. The maximum absolute atomic E-state index is 12.8. The van der Waals surface area contributed by atoms with Crippen LogP contribution in [0.1, 0.15) is 51.4 Å². The van der Waals surface area contributed by atoms with Gasteiger partial charge in [-0.15, -0.1) is 0 Å². The monoisotopic (exact) mass is 505 g/mol. The number of carboxylic acid groups (broad SMARTS) is 1. The van der Waals surface area contributed by atoms with Gasteiger partial charge in [-0.25, -0.2) is 4.79 Å². The van der Waals surface area contributed by atoms with E-state index in [2.05, 4.69) is 28.6 Å². The molecular formula is C20H39N7O6S. The Bertz CT molecular complexity index is 682. The van der Waals surface area contributed by atoms with Crippen LogP contribution in [-0.2, 0) is 24.0 Å². The Morgan fingerprint density at radius 3 is 1.68 bits per heavy atom. The zero-order valence-electron chi connectivity index (χ0n) is 19.3. The number of nitrogens with two attached hydrogens (primary N) is 4. The third-order valence-corrected chi connectivity index (χ3v) is 5.36. The Kier molecular flexibility index (Phi) is 16.7. The molecule has 4 atom stereocenters. The van der Waals surface area contributed by atoms with E-state index in [1.54, 1.807) is 0 Å². The van der Waals surface area contributed by atoms with Crippen LogP contribution in [0.15, 0.2) is 0 Å². The highest BCUT2D eigenvalue weighted by Crippen LogP contribution is 2.05. The van der Waals surface area contributed by atoms with Gasteiger partial charge in [0.05, 0.1) is 6.04 Å². The van der Waals surface area contributed by atoms with Gasteiger partial charge in [-0.2, -0.15) is 12.6 Å². The molecule has 12 N–H and O–H groups in total. The summed E-state index contributed by atoms with van der Waals surface area (Å²) in [5.41, 5.74) is 21.7. The summed E-state index contributed by atoms with van der Waals surface area (Å²) in [7, 11) is 0. The molecule has 34 heavy (non-hydrogen) atoms. The van der Waals surface area contributed by atoms with E-state index < -0.39 is 53.8 Å². The number of aliphatic carboxylic acids is 1. The van der Waals surface area contributed by atoms with Crippen LogP contribution in [0.2, 0.25) is 0 Å². The first-order chi connectivity index (χ1) is 16.1. The van der Waals surface area contributed by atoms with Gasteiger partial charge in [-0.1, -0.05) is 0 Å². The molecule has 0 fully saturated rings. The van der Waals surface area contributed by atoms with Gasteiger partial charge in [-0.05, 0) is 58.0 Å². The Morgan fingerprint density at radius 1 is 0.735 bits per heavy atom. The van der Waals surface area contributed by atoms with Crippen molar-refractivity contribution in [3.63, 3.8) is 0 Å². The van der Waals surface area contributed by atoms with Crippen LogP contribution in [0.5, 0.6) is 0 Å². The Balaban J connectivity index is 5.19. The second-order valence-electron chi connectivity index (χ2n) is 7.88. The predicted octanol–water partition coefficient (Wildman–Crippen LogP) is -2.69. The number of thiol groups is 1. The van der Waals surface area contributed by atoms with Crippen molar-refractivity contribution in [2.75, 3.05) is 18.8 Å². The lowest BCUT2D eigenvalue weighted by Crippen LogP contribution is -2.57. The second-order valence-corrected chi connectivity index (χ2v) is 8.25. The van der Waals surface area contributed by atoms with Crippen LogP contribution < -0.4 is 38.9 Å². The number of nitrogens with one attached hydrogen (secondary N) is 3. The van der Waals surface area contributed by atoms with Crippen LogP contribution in [0, 0.1) is 0 Å². The van der Waals surface area contributed by atoms with Gasteiger partial charge in [-0.3, -0.25) is 19.2 Å². The molecule has 0 spiro atoms. The molecule has 0 rings (SSSR count). The number of carboxylic acids is 1. The van der Waals surface area contributed by atoms with Crippen LogP contribution in [0.4, 0.5) is 0 Å². The van der Waals surface area contributed by atoms with Crippen LogP contribution in [0.25, 0.3) is 0 Å². The minimum Gasteiger partial charge on any atom is -0.480 e. The first kappa shape index (κ1) is 31.6. The van der Waals surface area contributed by atoms with Gasteiger partial charge in [0.15, 0.2) is 0 Å². The summed E-state index contributed by atoms with van der Waals surface area (Å²) in [6.07, 6.45) is 2.59. The van der Waals surface area contributed by atoms with Crippen molar-refractivity contribution in [2.24, 2.45) is 22.9 Å². The van der Waals surface area contributed by atoms with E-state index in [1.807, 2.05) is 0 Å². The molecule has 0 aromatic heterocycles. The molecule has 0 saturated carbocycles. The van der Waals surface area contributed by atoms with E-state index in [-0.39, 0.29) is 31.4 Å². The van der Waals surface area contributed by atoms with E-state index in [4.69, 9.17) is 22.9 Å². The van der Waals surface area contributed by atoms with Gasteiger partial charge in [0.2, 0.25) is 23.6 Å². The molecule has 0 aliphatic rings. The molecule has 0 aliphatic heterocycles. The molecule has 0 aromatic rings. The summed E-state index contributed by atoms with van der Waals surface area (Å²) < 4.78 is 0. The smallest absolute Gasteiger partial charge is 0.326 e. The number of primary amides is 1. The minimum atomic E-state index is -1.20. The van der Waals surface area contributed by atoms with Crippen molar-refractivity contribution in [2.45, 2.75) is 75.5 Å². The van der Waals surface area contributed by atoms with E-state index in [1.165, 1.54) is 0 Å². The van der Waals surface area contributed by atoms with Crippen molar-refractivity contribution in [3.8, 4) is 0 Å². The third-order valence-electron chi connectivity index (χ3n) is 5.00. The number of hydrogen-bond acceptors (Lipinski definition) is 9. The largest absolute Gasteiger partial charge is 0.480 e. The molecule has 4 unspecified atom stereocenters. The van der Waals surface area contributed by atoms with Crippen molar-refractivity contribution in [3.05, 3.63) is 0 Å². The molecule has 14 heteroatoms. The highest BCUT2D eigenvalue weighted by molar-refractivity contribution is 7.80. The van der Waals surface area contributed by atoms with E-state index in [0.29, 0.717) is 38.8 Å². The highest BCUT2D eigenvalue weighted by atomic mass is 32.1. The zero-order valence-corrected chi connectivity index (χ0v) is 20.2. The summed E-state index contributed by atoms with van der Waals surface area (Å²) in [5.74, 6) is -3.93. The van der Waals surface area contributed by atoms with E-state index in [9.17, 15) is 29.1 Å². The maximum Gasteiger partial charge on any atom is 0.326 e.